The van der Waals surface area contributed by atoms with Gasteiger partial charge in [-0.2, -0.15) is 0 Å². The van der Waals surface area contributed by atoms with Gasteiger partial charge in [0.1, 0.15) is 10.0 Å². The van der Waals surface area contributed by atoms with Gasteiger partial charge in [0.25, 0.3) is 15.8 Å². The predicted octanol–water partition coefficient (Wildman–Crippen LogP) is 2.40. The Morgan fingerprint density at radius 3 is 1.93 bits per heavy atom. The van der Waals surface area contributed by atoms with Gasteiger partial charge in [0.15, 0.2) is 0 Å². The maximum atomic E-state index is 8.86. The molecule has 0 saturated heterocycles. The van der Waals surface area contributed by atoms with E-state index < -0.39 is 6.72 Å². The largest absolute Gasteiger partial charge is 0.521 e. The van der Waals surface area contributed by atoms with Crippen LogP contribution in [0.3, 0.4) is 0 Å². The van der Waals surface area contributed by atoms with Crippen LogP contribution in [-0.4, -0.2) is 14.7 Å². The lowest BCUT2D eigenvalue weighted by Crippen LogP contribution is -1.85. The Kier molecular flexibility index (Phi) is 3.95. The highest BCUT2D eigenvalue weighted by Gasteiger charge is 2.26. The Balaban J connectivity index is 3.37. The van der Waals surface area contributed by atoms with Crippen molar-refractivity contribution in [3.63, 3.8) is 0 Å². The van der Waals surface area contributed by atoms with Gasteiger partial charge in [-0.15, -0.1) is 0 Å². The Morgan fingerprint density at radius 1 is 1.14 bits per heavy atom. The summed E-state index contributed by atoms with van der Waals surface area (Å²) < 4.78 is 0. The van der Waals surface area contributed by atoms with Crippen LogP contribution in [0.25, 0.3) is 0 Å². The number of hydrogen-bond acceptors (Lipinski definition) is 0. The van der Waals surface area contributed by atoms with Crippen LogP contribution in [0.4, 0.5) is 0 Å². The zero-order chi connectivity index (χ0) is 10.9. The topological polar surface area (TPSA) is 60.7 Å². The molecule has 3 N–H and O–H groups in total. The standard InChI is InChI=1S/C7H8Cl2O3PS/c1-4-2-5(8)7(6(9)3-4)14-13(10,11)12/h2-3,10-12H,1H3/q+1. The zero-order valence-corrected chi connectivity index (χ0v) is 10.3. The lowest BCUT2D eigenvalue weighted by molar-refractivity contribution is 0.363. The summed E-state index contributed by atoms with van der Waals surface area (Å²) in [6.45, 7) is -2.15. The van der Waals surface area contributed by atoms with Crippen LogP contribution in [0.1, 0.15) is 5.56 Å². The first-order chi connectivity index (χ1) is 6.29. The molecule has 0 aromatic heterocycles. The van der Waals surface area contributed by atoms with Crippen molar-refractivity contribution < 1.29 is 14.7 Å². The third-order valence-electron chi connectivity index (χ3n) is 1.36. The van der Waals surface area contributed by atoms with E-state index in [9.17, 15) is 0 Å². The molecule has 0 aliphatic heterocycles. The molecule has 0 saturated carbocycles. The van der Waals surface area contributed by atoms with Crippen LogP contribution >= 0.6 is 29.9 Å². The molecule has 7 heteroatoms. The maximum absolute atomic E-state index is 8.86. The minimum atomic E-state index is -3.96. The van der Waals surface area contributed by atoms with E-state index in [1.807, 2.05) is 6.92 Å². The average Bonchev–Trinajstić information content (AvgIpc) is 1.95. The van der Waals surface area contributed by atoms with E-state index in [0.717, 1.165) is 5.56 Å². The summed E-state index contributed by atoms with van der Waals surface area (Å²) in [6, 6.07) is 3.26. The van der Waals surface area contributed by atoms with Crippen LogP contribution < -0.4 is 0 Å². The van der Waals surface area contributed by atoms with Crippen molar-refractivity contribution in [2.45, 2.75) is 11.8 Å². The molecule has 0 heterocycles. The summed E-state index contributed by atoms with van der Waals surface area (Å²) in [4.78, 5) is 26.8. The van der Waals surface area contributed by atoms with E-state index in [4.69, 9.17) is 37.9 Å². The van der Waals surface area contributed by atoms with Crippen LogP contribution in [0, 0.1) is 6.92 Å². The SMILES string of the molecule is Cc1cc(Cl)c([S+]=P(O)(O)O)c(Cl)c1. The fourth-order valence-corrected chi connectivity index (χ4v) is 3.91. The molecule has 0 aliphatic rings. The molecule has 0 atom stereocenters. The predicted molar refractivity (Wildman–Crippen MR) is 60.4 cm³/mol. The van der Waals surface area contributed by atoms with Crippen molar-refractivity contribution in [2.75, 3.05) is 0 Å². The van der Waals surface area contributed by atoms with Crippen molar-refractivity contribution in [3.05, 3.63) is 27.7 Å². The number of hydrogen-bond donors (Lipinski definition) is 3. The van der Waals surface area contributed by atoms with Crippen LogP contribution in [0.5, 0.6) is 0 Å². The van der Waals surface area contributed by atoms with Gasteiger partial charge in [-0.25, -0.2) is 0 Å². The summed E-state index contributed by atoms with van der Waals surface area (Å²) in [7, 11) is 0.477. The maximum Gasteiger partial charge on any atom is 0.521 e. The first kappa shape index (κ1) is 12.4. The molecule has 0 aliphatic carbocycles. The van der Waals surface area contributed by atoms with Gasteiger partial charge in [-0.3, -0.25) is 14.7 Å². The first-order valence-electron chi connectivity index (χ1n) is 3.52. The lowest BCUT2D eigenvalue weighted by Gasteiger charge is -1.96. The van der Waals surface area contributed by atoms with Crippen molar-refractivity contribution in [1.29, 1.82) is 0 Å². The van der Waals surface area contributed by atoms with Gasteiger partial charge in [0.05, 0.1) is 0 Å². The number of halogens is 2. The van der Waals surface area contributed by atoms with E-state index in [-0.39, 0.29) is 4.90 Å². The first-order valence-corrected chi connectivity index (χ1v) is 7.34. The van der Waals surface area contributed by atoms with Gasteiger partial charge in [-0.1, -0.05) is 23.2 Å². The third kappa shape index (κ3) is 3.48. The second-order valence-corrected chi connectivity index (χ2v) is 7.11. The molecule has 1 aromatic carbocycles. The van der Waals surface area contributed by atoms with Crippen molar-refractivity contribution in [1.82, 2.24) is 0 Å². The van der Waals surface area contributed by atoms with Gasteiger partial charge in [-0.05, 0) is 24.6 Å². The second-order valence-electron chi connectivity index (χ2n) is 2.66. The normalized spacial score (nSPS) is 11.6. The monoisotopic (exact) mass is 273 g/mol. The highest BCUT2D eigenvalue weighted by atomic mass is 35.5. The fourth-order valence-electron chi connectivity index (χ4n) is 0.896. The third-order valence-corrected chi connectivity index (χ3v) is 4.33. The highest BCUT2D eigenvalue weighted by molar-refractivity contribution is 8.16. The number of benzene rings is 1. The quantitative estimate of drug-likeness (QED) is 0.544. The summed E-state index contributed by atoms with van der Waals surface area (Å²) in [5, 5.41) is 0.586. The lowest BCUT2D eigenvalue weighted by atomic mass is 10.2. The molecule has 0 unspecified atom stereocenters. The van der Waals surface area contributed by atoms with Crippen LogP contribution in [0.2, 0.25) is 10.0 Å². The van der Waals surface area contributed by atoms with Crippen molar-refractivity contribution >= 4 is 40.9 Å². The van der Waals surface area contributed by atoms with E-state index >= 15 is 0 Å². The minimum Gasteiger partial charge on any atom is -0.289 e. The van der Waals surface area contributed by atoms with Gasteiger partial charge >= 0.3 is 6.72 Å². The Bertz CT molecular complexity index is 384. The highest BCUT2D eigenvalue weighted by Crippen LogP contribution is 2.38. The molecule has 0 amide bonds. The summed E-state index contributed by atoms with van der Waals surface area (Å²) >= 11 is 11.6. The van der Waals surface area contributed by atoms with E-state index in [1.165, 1.54) is 0 Å². The fraction of sp³-hybridized carbons (Fsp3) is 0.143. The van der Waals surface area contributed by atoms with E-state index in [1.54, 1.807) is 12.1 Å². The summed E-state index contributed by atoms with van der Waals surface area (Å²) in [5.74, 6) is 0. The van der Waals surface area contributed by atoms with Crippen molar-refractivity contribution in [3.8, 4) is 0 Å². The van der Waals surface area contributed by atoms with Gasteiger partial charge in [0, 0.05) is 0 Å². The minimum absolute atomic E-state index is 0.278. The smallest absolute Gasteiger partial charge is 0.289 e. The molecule has 3 nitrogen and oxygen atoms in total. The molecule has 0 bridgehead atoms. The second kappa shape index (κ2) is 4.45. The molecule has 14 heavy (non-hydrogen) atoms. The molecule has 0 spiro atoms. The molecule has 78 valence electrons. The van der Waals surface area contributed by atoms with E-state index in [2.05, 4.69) is 0 Å². The molecular weight excluding hydrogens is 266 g/mol. The Labute approximate surface area is 95.1 Å². The van der Waals surface area contributed by atoms with E-state index in [0.29, 0.717) is 21.0 Å². The Morgan fingerprint density at radius 2 is 1.57 bits per heavy atom. The van der Waals surface area contributed by atoms with Crippen LogP contribution in [-0.2, 0) is 10.9 Å². The number of aryl methyl sites for hydroxylation is 1. The molecule has 0 fully saturated rings. The molecule has 0 radical (unpaired) electrons. The van der Waals surface area contributed by atoms with Gasteiger partial charge < -0.3 is 0 Å². The molecular formula is C7H8Cl2O3PS+. The Hall–Kier alpha value is 0.330. The average molecular weight is 274 g/mol. The molecule has 1 rings (SSSR count). The zero-order valence-electron chi connectivity index (χ0n) is 7.11. The van der Waals surface area contributed by atoms with Crippen molar-refractivity contribution in [2.24, 2.45) is 0 Å². The summed E-state index contributed by atoms with van der Waals surface area (Å²) in [5.41, 5.74) is 0.863. The summed E-state index contributed by atoms with van der Waals surface area (Å²) in [6.07, 6.45) is 0. The van der Waals surface area contributed by atoms with Crippen LogP contribution in [0.15, 0.2) is 17.0 Å². The van der Waals surface area contributed by atoms with Gasteiger partial charge in [0.2, 0.25) is 0 Å². The molecule has 1 aromatic rings. The number of rotatable bonds is 1.